The number of pyridine rings is 1. The number of carbonyl (C=O) groups excluding carboxylic acids is 1. The molecule has 25 heavy (non-hydrogen) atoms. The van der Waals surface area contributed by atoms with Crippen LogP contribution in [-0.2, 0) is 4.79 Å². The Morgan fingerprint density at radius 1 is 1.08 bits per heavy atom. The number of amides is 1. The second-order valence-electron chi connectivity index (χ2n) is 6.35. The zero-order valence-electron chi connectivity index (χ0n) is 14.8. The SMILES string of the molecule is CC(C)N(C)C(=O)COc1ccc2cc(-c3cccnc3)ccc2c1. The number of hydrogen-bond donors (Lipinski definition) is 0. The maximum atomic E-state index is 12.0. The normalized spacial score (nSPS) is 10.9. The molecule has 0 aliphatic heterocycles. The minimum absolute atomic E-state index is 0.0259. The van der Waals surface area contributed by atoms with Crippen LogP contribution in [0.15, 0.2) is 60.9 Å². The fourth-order valence-corrected chi connectivity index (χ4v) is 2.56. The maximum Gasteiger partial charge on any atom is 0.260 e. The second-order valence-corrected chi connectivity index (χ2v) is 6.35. The number of aromatic nitrogens is 1. The van der Waals surface area contributed by atoms with E-state index < -0.39 is 0 Å². The topological polar surface area (TPSA) is 42.4 Å². The number of nitrogens with zero attached hydrogens (tertiary/aromatic N) is 2. The Balaban J connectivity index is 1.76. The van der Waals surface area contributed by atoms with Gasteiger partial charge in [-0.2, -0.15) is 0 Å². The molecule has 0 unspecified atom stereocenters. The number of likely N-dealkylation sites (N-methyl/N-ethyl adjacent to an activating group) is 1. The molecule has 0 saturated carbocycles. The van der Waals surface area contributed by atoms with Crippen molar-refractivity contribution >= 4 is 16.7 Å². The first kappa shape index (κ1) is 17.0. The maximum absolute atomic E-state index is 12.0. The molecule has 128 valence electrons. The third-order valence-electron chi connectivity index (χ3n) is 4.34. The summed E-state index contributed by atoms with van der Waals surface area (Å²) in [5.74, 6) is 0.675. The fourth-order valence-electron chi connectivity index (χ4n) is 2.56. The average molecular weight is 334 g/mol. The first-order valence-electron chi connectivity index (χ1n) is 8.37. The van der Waals surface area contributed by atoms with Gasteiger partial charge in [-0.15, -0.1) is 0 Å². The van der Waals surface area contributed by atoms with Crippen LogP contribution in [0.5, 0.6) is 5.75 Å². The van der Waals surface area contributed by atoms with E-state index in [1.165, 1.54) is 0 Å². The molecule has 0 fully saturated rings. The van der Waals surface area contributed by atoms with Gasteiger partial charge in [-0.3, -0.25) is 9.78 Å². The van der Waals surface area contributed by atoms with Gasteiger partial charge in [0, 0.05) is 31.0 Å². The van der Waals surface area contributed by atoms with Crippen LogP contribution in [-0.4, -0.2) is 35.5 Å². The van der Waals surface area contributed by atoms with E-state index in [4.69, 9.17) is 4.74 Å². The molecule has 1 aromatic heterocycles. The molecule has 3 aromatic rings. The van der Waals surface area contributed by atoms with E-state index in [0.717, 1.165) is 21.9 Å². The van der Waals surface area contributed by atoms with Crippen LogP contribution in [0.1, 0.15) is 13.8 Å². The molecule has 0 saturated heterocycles. The van der Waals surface area contributed by atoms with Crippen molar-refractivity contribution in [2.24, 2.45) is 0 Å². The molecule has 0 atom stereocenters. The van der Waals surface area contributed by atoms with E-state index in [-0.39, 0.29) is 18.6 Å². The van der Waals surface area contributed by atoms with Gasteiger partial charge in [-0.1, -0.05) is 24.3 Å². The first-order chi connectivity index (χ1) is 12.0. The Bertz CT molecular complexity index is 875. The predicted molar refractivity (Wildman–Crippen MR) is 101 cm³/mol. The van der Waals surface area contributed by atoms with Crippen molar-refractivity contribution in [3.05, 3.63) is 60.9 Å². The molecular weight excluding hydrogens is 312 g/mol. The van der Waals surface area contributed by atoms with Crippen LogP contribution < -0.4 is 4.74 Å². The van der Waals surface area contributed by atoms with Crippen molar-refractivity contribution in [2.45, 2.75) is 19.9 Å². The van der Waals surface area contributed by atoms with Crippen molar-refractivity contribution < 1.29 is 9.53 Å². The van der Waals surface area contributed by atoms with Crippen LogP contribution >= 0.6 is 0 Å². The summed E-state index contributed by atoms with van der Waals surface area (Å²) in [5, 5.41) is 2.20. The quantitative estimate of drug-likeness (QED) is 0.704. The van der Waals surface area contributed by atoms with E-state index in [1.807, 2.05) is 50.4 Å². The van der Waals surface area contributed by atoms with Gasteiger partial charge in [-0.25, -0.2) is 0 Å². The molecular formula is C21H22N2O2. The van der Waals surface area contributed by atoms with Gasteiger partial charge in [0.1, 0.15) is 5.75 Å². The Hall–Kier alpha value is -2.88. The van der Waals surface area contributed by atoms with Gasteiger partial charge in [-0.05, 0) is 54.4 Å². The molecule has 0 bridgehead atoms. The monoisotopic (exact) mass is 334 g/mol. The summed E-state index contributed by atoms with van der Waals surface area (Å²) < 4.78 is 5.66. The van der Waals surface area contributed by atoms with Gasteiger partial charge < -0.3 is 9.64 Å². The number of hydrogen-bond acceptors (Lipinski definition) is 3. The molecule has 0 aliphatic rings. The minimum Gasteiger partial charge on any atom is -0.484 e. The van der Waals surface area contributed by atoms with E-state index in [0.29, 0.717) is 5.75 Å². The molecule has 2 aromatic carbocycles. The molecule has 0 radical (unpaired) electrons. The molecule has 0 aliphatic carbocycles. The lowest BCUT2D eigenvalue weighted by Gasteiger charge is -2.21. The molecule has 4 heteroatoms. The predicted octanol–water partition coefficient (Wildman–Crippen LogP) is 4.15. The van der Waals surface area contributed by atoms with Crippen molar-refractivity contribution in [1.82, 2.24) is 9.88 Å². The fraction of sp³-hybridized carbons (Fsp3) is 0.238. The van der Waals surface area contributed by atoms with E-state index >= 15 is 0 Å². The summed E-state index contributed by atoms with van der Waals surface area (Å²) in [4.78, 5) is 17.9. The zero-order chi connectivity index (χ0) is 17.8. The van der Waals surface area contributed by atoms with Crippen LogP contribution in [0, 0.1) is 0 Å². The average Bonchev–Trinajstić information content (AvgIpc) is 2.65. The van der Waals surface area contributed by atoms with Crippen molar-refractivity contribution in [2.75, 3.05) is 13.7 Å². The molecule has 1 heterocycles. The standard InChI is InChI=1S/C21H22N2O2/c1-15(2)23(3)21(24)14-25-20-9-8-16-11-17(6-7-18(16)12-20)19-5-4-10-22-13-19/h4-13,15H,14H2,1-3H3. The lowest BCUT2D eigenvalue weighted by atomic mass is 10.0. The molecule has 4 nitrogen and oxygen atoms in total. The van der Waals surface area contributed by atoms with Crippen LogP contribution in [0.3, 0.4) is 0 Å². The Morgan fingerprint density at radius 2 is 1.84 bits per heavy atom. The number of fused-ring (bicyclic) bond motifs is 1. The third kappa shape index (κ3) is 3.97. The lowest BCUT2D eigenvalue weighted by Crippen LogP contribution is -2.36. The summed E-state index contributed by atoms with van der Waals surface area (Å²) in [6, 6.07) is 16.3. The molecule has 0 N–H and O–H groups in total. The summed E-state index contributed by atoms with van der Waals surface area (Å²) in [6.45, 7) is 4.01. The van der Waals surface area contributed by atoms with Gasteiger partial charge in [0.25, 0.3) is 5.91 Å². The van der Waals surface area contributed by atoms with Crippen molar-refractivity contribution in [1.29, 1.82) is 0 Å². The highest BCUT2D eigenvalue weighted by molar-refractivity contribution is 5.88. The van der Waals surface area contributed by atoms with E-state index in [2.05, 4.69) is 23.2 Å². The summed E-state index contributed by atoms with van der Waals surface area (Å²) in [5.41, 5.74) is 2.22. The van der Waals surface area contributed by atoms with Crippen LogP contribution in [0.2, 0.25) is 0 Å². The number of carbonyl (C=O) groups is 1. The molecule has 3 rings (SSSR count). The second kappa shape index (κ2) is 7.34. The Kier molecular flexibility index (Phi) is 4.98. The number of benzene rings is 2. The van der Waals surface area contributed by atoms with Crippen LogP contribution in [0.4, 0.5) is 0 Å². The summed E-state index contributed by atoms with van der Waals surface area (Å²) in [7, 11) is 1.79. The first-order valence-corrected chi connectivity index (χ1v) is 8.37. The summed E-state index contributed by atoms with van der Waals surface area (Å²) in [6.07, 6.45) is 3.63. The van der Waals surface area contributed by atoms with Crippen molar-refractivity contribution in [3.8, 4) is 16.9 Å². The smallest absolute Gasteiger partial charge is 0.260 e. The van der Waals surface area contributed by atoms with Gasteiger partial charge >= 0.3 is 0 Å². The third-order valence-corrected chi connectivity index (χ3v) is 4.34. The minimum atomic E-state index is -0.0259. The largest absolute Gasteiger partial charge is 0.484 e. The van der Waals surface area contributed by atoms with E-state index in [1.54, 1.807) is 18.1 Å². The van der Waals surface area contributed by atoms with Gasteiger partial charge in [0.15, 0.2) is 6.61 Å². The van der Waals surface area contributed by atoms with Crippen LogP contribution in [0.25, 0.3) is 21.9 Å². The highest BCUT2D eigenvalue weighted by Gasteiger charge is 2.12. The lowest BCUT2D eigenvalue weighted by molar-refractivity contribution is -0.133. The van der Waals surface area contributed by atoms with Crippen molar-refractivity contribution in [3.63, 3.8) is 0 Å². The Morgan fingerprint density at radius 3 is 2.56 bits per heavy atom. The van der Waals surface area contributed by atoms with Gasteiger partial charge in [0.05, 0.1) is 0 Å². The Labute approximate surface area is 148 Å². The highest BCUT2D eigenvalue weighted by Crippen LogP contribution is 2.26. The number of rotatable bonds is 5. The molecule has 1 amide bonds. The highest BCUT2D eigenvalue weighted by atomic mass is 16.5. The van der Waals surface area contributed by atoms with Gasteiger partial charge in [0.2, 0.25) is 0 Å². The zero-order valence-corrected chi connectivity index (χ0v) is 14.8. The number of ether oxygens (including phenoxy) is 1. The van der Waals surface area contributed by atoms with E-state index in [9.17, 15) is 4.79 Å². The molecule has 0 spiro atoms. The summed E-state index contributed by atoms with van der Waals surface area (Å²) >= 11 is 0.